The summed E-state index contributed by atoms with van der Waals surface area (Å²) in [5.41, 5.74) is -0.796. The molecule has 0 aliphatic heterocycles. The van der Waals surface area contributed by atoms with Crippen molar-refractivity contribution in [3.8, 4) is 0 Å². The summed E-state index contributed by atoms with van der Waals surface area (Å²) in [5.74, 6) is -1.05. The van der Waals surface area contributed by atoms with Gasteiger partial charge in [0.25, 0.3) is 11.2 Å². The molecule has 0 saturated heterocycles. The van der Waals surface area contributed by atoms with Crippen molar-refractivity contribution in [2.24, 2.45) is 0 Å². The highest BCUT2D eigenvalue weighted by Gasteiger charge is 2.10. The Morgan fingerprint density at radius 1 is 1.43 bits per heavy atom. The molecule has 114 valence electrons. The van der Waals surface area contributed by atoms with E-state index in [1.54, 1.807) is 0 Å². The minimum Gasteiger partial charge on any atom is -0.481 e. The first-order chi connectivity index (χ1) is 9.90. The van der Waals surface area contributed by atoms with E-state index in [2.05, 4.69) is 5.32 Å². The molecule has 0 aromatic carbocycles. The SMILES string of the molecule is O=C(O)CSCCNC(=O)Cn1cc([N+](=O)[O-])ccc1=O. The minimum atomic E-state index is -0.936. The molecule has 1 rings (SSSR count). The minimum absolute atomic E-state index is 0.0553. The lowest BCUT2D eigenvalue weighted by molar-refractivity contribution is -0.385. The van der Waals surface area contributed by atoms with Gasteiger partial charge in [0.05, 0.1) is 16.9 Å². The van der Waals surface area contributed by atoms with Gasteiger partial charge >= 0.3 is 5.97 Å². The van der Waals surface area contributed by atoms with Crippen LogP contribution in [0, 0.1) is 10.1 Å². The normalized spacial score (nSPS) is 10.1. The zero-order valence-electron chi connectivity index (χ0n) is 10.9. The molecule has 0 radical (unpaired) electrons. The number of nitrogens with zero attached hydrogens (tertiary/aromatic N) is 2. The second-order valence-corrected chi connectivity index (χ2v) is 5.01. The number of aromatic nitrogens is 1. The van der Waals surface area contributed by atoms with E-state index in [1.807, 2.05) is 0 Å². The summed E-state index contributed by atoms with van der Waals surface area (Å²) in [6, 6.07) is 2.09. The smallest absolute Gasteiger partial charge is 0.313 e. The first-order valence-corrected chi connectivity index (χ1v) is 6.96. The van der Waals surface area contributed by atoms with Crippen LogP contribution in [0.1, 0.15) is 0 Å². The third-order valence-corrected chi connectivity index (χ3v) is 3.23. The molecule has 0 atom stereocenters. The largest absolute Gasteiger partial charge is 0.481 e. The third-order valence-electron chi connectivity index (χ3n) is 2.29. The maximum atomic E-state index is 11.6. The number of thioether (sulfide) groups is 1. The average molecular weight is 315 g/mol. The van der Waals surface area contributed by atoms with Crippen LogP contribution in [0.15, 0.2) is 23.1 Å². The van der Waals surface area contributed by atoms with E-state index in [1.165, 1.54) is 0 Å². The summed E-state index contributed by atoms with van der Waals surface area (Å²) in [7, 11) is 0. The molecule has 0 saturated carbocycles. The van der Waals surface area contributed by atoms with Gasteiger partial charge in [-0.25, -0.2) is 0 Å². The monoisotopic (exact) mass is 315 g/mol. The summed E-state index contributed by atoms with van der Waals surface area (Å²) in [6.45, 7) is -0.0788. The molecule has 0 fully saturated rings. The van der Waals surface area contributed by atoms with Crippen LogP contribution in [-0.2, 0) is 16.1 Å². The van der Waals surface area contributed by atoms with E-state index in [-0.39, 0.29) is 24.5 Å². The predicted molar refractivity (Wildman–Crippen MR) is 75.3 cm³/mol. The Labute approximate surface area is 123 Å². The number of rotatable bonds is 8. The van der Waals surface area contributed by atoms with Gasteiger partial charge in [0.15, 0.2) is 0 Å². The summed E-state index contributed by atoms with van der Waals surface area (Å²) < 4.78 is 0.942. The second kappa shape index (κ2) is 8.04. The van der Waals surface area contributed by atoms with E-state index in [9.17, 15) is 24.5 Å². The van der Waals surface area contributed by atoms with Gasteiger partial charge in [-0.15, -0.1) is 11.8 Å². The van der Waals surface area contributed by atoms with Crippen molar-refractivity contribution in [2.45, 2.75) is 6.54 Å². The summed E-state index contributed by atoms with van der Waals surface area (Å²) in [6.07, 6.45) is 1.00. The lowest BCUT2D eigenvalue weighted by Crippen LogP contribution is -2.33. The molecule has 0 spiro atoms. The standard InChI is InChI=1S/C11H13N3O6S/c15-9(12-3-4-21-7-11(17)18)6-13-5-8(14(19)20)1-2-10(13)16/h1-2,5H,3-4,6-7H2,(H,12,15)(H,17,18). The highest BCUT2D eigenvalue weighted by Crippen LogP contribution is 2.06. The molecule has 0 aliphatic rings. The maximum Gasteiger partial charge on any atom is 0.313 e. The van der Waals surface area contributed by atoms with E-state index >= 15 is 0 Å². The van der Waals surface area contributed by atoms with Crippen LogP contribution in [0.2, 0.25) is 0 Å². The number of nitrogens with one attached hydrogen (secondary N) is 1. The van der Waals surface area contributed by atoms with Crippen LogP contribution < -0.4 is 10.9 Å². The molecule has 0 aliphatic carbocycles. The van der Waals surface area contributed by atoms with E-state index in [0.717, 1.165) is 34.7 Å². The van der Waals surface area contributed by atoms with Gasteiger partial charge < -0.3 is 10.4 Å². The molecule has 0 unspecified atom stereocenters. The van der Waals surface area contributed by atoms with Crippen LogP contribution in [-0.4, -0.2) is 44.5 Å². The number of carboxylic acids is 1. The zero-order valence-corrected chi connectivity index (χ0v) is 11.7. The Bertz CT molecular complexity index is 600. The Morgan fingerprint density at radius 2 is 2.14 bits per heavy atom. The van der Waals surface area contributed by atoms with Crippen LogP contribution >= 0.6 is 11.8 Å². The first kappa shape index (κ1) is 16.7. The number of hydrogen-bond acceptors (Lipinski definition) is 6. The van der Waals surface area contributed by atoms with Crippen molar-refractivity contribution < 1.29 is 19.6 Å². The van der Waals surface area contributed by atoms with Gasteiger partial charge in [-0.1, -0.05) is 0 Å². The number of aliphatic carboxylic acids is 1. The fraction of sp³-hybridized carbons (Fsp3) is 0.364. The van der Waals surface area contributed by atoms with E-state index in [4.69, 9.17) is 5.11 Å². The van der Waals surface area contributed by atoms with Gasteiger partial charge in [0.2, 0.25) is 5.91 Å². The molecular weight excluding hydrogens is 302 g/mol. The lowest BCUT2D eigenvalue weighted by atomic mass is 10.4. The predicted octanol–water partition coefficient (Wildman–Crippen LogP) is -0.310. The van der Waals surface area contributed by atoms with Gasteiger partial charge in [-0.2, -0.15) is 0 Å². The second-order valence-electron chi connectivity index (χ2n) is 3.91. The summed E-state index contributed by atoms with van der Waals surface area (Å²) in [4.78, 5) is 43.2. The third kappa shape index (κ3) is 6.08. The molecule has 9 nitrogen and oxygen atoms in total. The quantitative estimate of drug-likeness (QED) is 0.382. The molecule has 0 bridgehead atoms. The van der Waals surface area contributed by atoms with Crippen LogP contribution in [0.5, 0.6) is 0 Å². The Kier molecular flexibility index (Phi) is 6.40. The molecule has 21 heavy (non-hydrogen) atoms. The van der Waals surface area contributed by atoms with Crippen LogP contribution in [0.4, 0.5) is 5.69 Å². The average Bonchev–Trinajstić information content (AvgIpc) is 2.40. The number of carbonyl (C=O) groups excluding carboxylic acids is 1. The van der Waals surface area contributed by atoms with Crippen molar-refractivity contribution in [3.63, 3.8) is 0 Å². The fourth-order valence-corrected chi connectivity index (χ4v) is 1.95. The van der Waals surface area contributed by atoms with E-state index in [0.29, 0.717) is 5.75 Å². The molecule has 1 amide bonds. The fourth-order valence-electron chi connectivity index (χ4n) is 1.38. The van der Waals surface area contributed by atoms with Crippen molar-refractivity contribution in [3.05, 3.63) is 38.8 Å². The maximum absolute atomic E-state index is 11.6. The van der Waals surface area contributed by atoms with Crippen molar-refractivity contribution >= 4 is 29.3 Å². The Morgan fingerprint density at radius 3 is 2.76 bits per heavy atom. The molecular formula is C11H13N3O6S. The number of pyridine rings is 1. The van der Waals surface area contributed by atoms with Crippen LogP contribution in [0.3, 0.4) is 0 Å². The van der Waals surface area contributed by atoms with Crippen molar-refractivity contribution in [1.82, 2.24) is 9.88 Å². The summed E-state index contributed by atoms with van der Waals surface area (Å²) in [5, 5.41) is 21.5. The Balaban J connectivity index is 2.47. The highest BCUT2D eigenvalue weighted by molar-refractivity contribution is 7.99. The summed E-state index contributed by atoms with van der Waals surface area (Å²) >= 11 is 1.15. The number of carboxylic acid groups (broad SMARTS) is 1. The molecule has 1 aromatic heterocycles. The van der Waals surface area contributed by atoms with Gasteiger partial charge in [0, 0.05) is 24.4 Å². The van der Waals surface area contributed by atoms with Crippen molar-refractivity contribution in [2.75, 3.05) is 18.1 Å². The van der Waals surface area contributed by atoms with Gasteiger partial charge in [-0.3, -0.25) is 29.1 Å². The number of hydrogen-bond donors (Lipinski definition) is 2. The van der Waals surface area contributed by atoms with Crippen LogP contribution in [0.25, 0.3) is 0 Å². The molecule has 1 heterocycles. The van der Waals surface area contributed by atoms with Gasteiger partial charge in [0.1, 0.15) is 6.54 Å². The molecule has 10 heteroatoms. The van der Waals surface area contributed by atoms with E-state index < -0.39 is 22.4 Å². The first-order valence-electron chi connectivity index (χ1n) is 5.81. The Hall–Kier alpha value is -2.36. The van der Waals surface area contributed by atoms with Crippen molar-refractivity contribution in [1.29, 1.82) is 0 Å². The number of nitro groups is 1. The molecule has 2 N–H and O–H groups in total. The zero-order chi connectivity index (χ0) is 15.8. The number of carbonyl (C=O) groups is 2. The highest BCUT2D eigenvalue weighted by atomic mass is 32.2. The molecule has 1 aromatic rings. The topological polar surface area (TPSA) is 132 Å². The lowest BCUT2D eigenvalue weighted by Gasteiger charge is -2.06. The number of amides is 1. The van der Waals surface area contributed by atoms with Gasteiger partial charge in [-0.05, 0) is 0 Å².